The number of carbonyl (C=O) groups excluding carboxylic acids is 1. The fraction of sp³-hybridized carbons (Fsp3) is 0.400. The molecule has 1 fully saturated rings. The van der Waals surface area contributed by atoms with Crippen molar-refractivity contribution >= 4 is 43.5 Å². The van der Waals surface area contributed by atoms with Crippen LogP contribution in [0.3, 0.4) is 0 Å². The minimum atomic E-state index is -3.88. The number of nitrogens with two attached hydrogens (primary N) is 1. The van der Waals surface area contributed by atoms with E-state index in [1.165, 1.54) is 12.3 Å². The molecule has 1 unspecified atom stereocenters. The Labute approximate surface area is 124 Å². The summed E-state index contributed by atoms with van der Waals surface area (Å²) in [5.41, 5.74) is 5.23. The topological polar surface area (TPSA) is 93.4 Å². The Morgan fingerprint density at radius 3 is 2.89 bits per heavy atom. The van der Waals surface area contributed by atoms with E-state index in [9.17, 15) is 13.2 Å². The molecule has 0 aromatic carbocycles. The maximum atomic E-state index is 12.5. The highest BCUT2D eigenvalue weighted by Crippen LogP contribution is 2.30. The molecule has 0 saturated carbocycles. The molecule has 9 heteroatoms. The van der Waals surface area contributed by atoms with Gasteiger partial charge in [-0.1, -0.05) is 11.6 Å². The Morgan fingerprint density at radius 2 is 2.26 bits per heavy atom. The molecule has 1 aromatic heterocycles. The van der Waals surface area contributed by atoms with Gasteiger partial charge in [0.2, 0.25) is 15.9 Å². The van der Waals surface area contributed by atoms with Gasteiger partial charge in [0.05, 0.1) is 0 Å². The molecule has 0 aliphatic carbocycles. The highest BCUT2D eigenvalue weighted by atomic mass is 79.9. The van der Waals surface area contributed by atoms with Gasteiger partial charge in [-0.3, -0.25) is 4.79 Å². The highest BCUT2D eigenvalue weighted by molar-refractivity contribution is 9.10. The first-order chi connectivity index (χ1) is 8.84. The van der Waals surface area contributed by atoms with E-state index in [1.807, 2.05) is 0 Å². The number of primary amides is 1. The minimum Gasteiger partial charge on any atom is -0.368 e. The van der Waals surface area contributed by atoms with Crippen molar-refractivity contribution in [1.29, 1.82) is 0 Å². The van der Waals surface area contributed by atoms with Crippen LogP contribution in [0.25, 0.3) is 0 Å². The van der Waals surface area contributed by atoms with Crippen molar-refractivity contribution in [3.63, 3.8) is 0 Å². The first kappa shape index (κ1) is 14.7. The van der Waals surface area contributed by atoms with Gasteiger partial charge < -0.3 is 5.73 Å². The molecule has 0 radical (unpaired) electrons. The fourth-order valence-electron chi connectivity index (χ4n) is 2.02. The normalized spacial score (nSPS) is 20.6. The molecule has 19 heavy (non-hydrogen) atoms. The number of hydrogen-bond donors (Lipinski definition) is 1. The predicted molar refractivity (Wildman–Crippen MR) is 73.1 cm³/mol. The van der Waals surface area contributed by atoms with E-state index in [1.54, 1.807) is 0 Å². The SMILES string of the molecule is NC(=O)C1CCCN1S(=O)(=O)c1cc(Br)cnc1Cl. The number of pyridine rings is 1. The number of carbonyl (C=O) groups is 1. The van der Waals surface area contributed by atoms with Crippen LogP contribution in [0.5, 0.6) is 0 Å². The number of rotatable bonds is 3. The van der Waals surface area contributed by atoms with Crippen LogP contribution in [-0.4, -0.2) is 36.2 Å². The molecule has 1 aliphatic rings. The van der Waals surface area contributed by atoms with E-state index in [-0.39, 0.29) is 16.6 Å². The summed E-state index contributed by atoms with van der Waals surface area (Å²) in [4.78, 5) is 15.0. The summed E-state index contributed by atoms with van der Waals surface area (Å²) < 4.78 is 26.6. The third kappa shape index (κ3) is 2.76. The Bertz CT molecular complexity index is 622. The third-order valence-electron chi connectivity index (χ3n) is 2.89. The van der Waals surface area contributed by atoms with Crippen LogP contribution in [0, 0.1) is 0 Å². The van der Waals surface area contributed by atoms with Crippen molar-refractivity contribution in [2.75, 3.05) is 6.54 Å². The summed E-state index contributed by atoms with van der Waals surface area (Å²) in [5, 5.41) is -0.127. The molecule has 6 nitrogen and oxygen atoms in total. The molecule has 2 N–H and O–H groups in total. The lowest BCUT2D eigenvalue weighted by Gasteiger charge is -2.21. The molecule has 0 spiro atoms. The average molecular weight is 369 g/mol. The number of sulfonamides is 1. The first-order valence-electron chi connectivity index (χ1n) is 5.46. The van der Waals surface area contributed by atoms with E-state index in [0.717, 1.165) is 4.31 Å². The molecule has 1 aliphatic heterocycles. The summed E-state index contributed by atoms with van der Waals surface area (Å²) >= 11 is 8.98. The summed E-state index contributed by atoms with van der Waals surface area (Å²) in [7, 11) is -3.88. The van der Waals surface area contributed by atoms with Gasteiger partial charge in [-0.15, -0.1) is 0 Å². The molecule has 2 heterocycles. The maximum absolute atomic E-state index is 12.5. The Hall–Kier alpha value is -0.700. The van der Waals surface area contributed by atoms with Crippen molar-refractivity contribution in [3.05, 3.63) is 21.9 Å². The van der Waals surface area contributed by atoms with Crippen LogP contribution >= 0.6 is 27.5 Å². The third-order valence-corrected chi connectivity index (χ3v) is 5.66. The van der Waals surface area contributed by atoms with E-state index in [4.69, 9.17) is 17.3 Å². The van der Waals surface area contributed by atoms with Crippen LogP contribution < -0.4 is 5.73 Å². The first-order valence-corrected chi connectivity index (χ1v) is 8.07. The van der Waals surface area contributed by atoms with Crippen LogP contribution in [-0.2, 0) is 14.8 Å². The molecular weight excluding hydrogens is 358 g/mol. The minimum absolute atomic E-state index is 0.127. The zero-order valence-corrected chi connectivity index (χ0v) is 12.9. The van der Waals surface area contributed by atoms with E-state index < -0.39 is 22.0 Å². The van der Waals surface area contributed by atoms with Gasteiger partial charge in [0.25, 0.3) is 0 Å². The quantitative estimate of drug-likeness (QED) is 0.810. The van der Waals surface area contributed by atoms with Crippen LogP contribution in [0.2, 0.25) is 5.15 Å². The number of nitrogens with zero attached hydrogens (tertiary/aromatic N) is 2. The van der Waals surface area contributed by atoms with E-state index >= 15 is 0 Å². The summed E-state index contributed by atoms with van der Waals surface area (Å²) in [6, 6.07) is 0.543. The summed E-state index contributed by atoms with van der Waals surface area (Å²) in [5.74, 6) is -0.653. The van der Waals surface area contributed by atoms with Gasteiger partial charge in [-0.2, -0.15) is 4.31 Å². The Balaban J connectivity index is 2.48. The van der Waals surface area contributed by atoms with Gasteiger partial charge in [-0.05, 0) is 34.8 Å². The second-order valence-corrected chi connectivity index (χ2v) is 7.25. The largest absolute Gasteiger partial charge is 0.368 e. The standard InChI is InChI=1S/C10H11BrClN3O3S/c11-6-4-8(9(12)14-5-6)19(17,18)15-3-1-2-7(15)10(13)16/h4-5,7H,1-3H2,(H2,13,16). The number of hydrogen-bond acceptors (Lipinski definition) is 4. The lowest BCUT2D eigenvalue weighted by Crippen LogP contribution is -2.43. The predicted octanol–water partition coefficient (Wildman–Crippen LogP) is 1.14. The molecular formula is C10H11BrClN3O3S. The second-order valence-electron chi connectivity index (χ2n) is 4.12. The van der Waals surface area contributed by atoms with Crippen LogP contribution in [0.4, 0.5) is 0 Å². The van der Waals surface area contributed by atoms with E-state index in [0.29, 0.717) is 17.3 Å². The lowest BCUT2D eigenvalue weighted by molar-refractivity contribution is -0.121. The zero-order valence-electron chi connectivity index (χ0n) is 9.71. The van der Waals surface area contributed by atoms with Crippen molar-refractivity contribution in [3.8, 4) is 0 Å². The number of halogens is 2. The van der Waals surface area contributed by atoms with Crippen molar-refractivity contribution in [2.45, 2.75) is 23.8 Å². The summed E-state index contributed by atoms with van der Waals surface area (Å²) in [6.07, 6.45) is 2.41. The van der Waals surface area contributed by atoms with Crippen LogP contribution in [0.1, 0.15) is 12.8 Å². The molecule has 1 aromatic rings. The average Bonchev–Trinajstić information content (AvgIpc) is 2.82. The molecule has 1 saturated heterocycles. The Morgan fingerprint density at radius 1 is 1.58 bits per heavy atom. The van der Waals surface area contributed by atoms with Crippen LogP contribution in [0.15, 0.2) is 21.6 Å². The number of amides is 1. The maximum Gasteiger partial charge on any atom is 0.246 e. The summed E-state index contributed by atoms with van der Waals surface area (Å²) in [6.45, 7) is 0.249. The fourth-order valence-corrected chi connectivity index (χ4v) is 4.61. The van der Waals surface area contributed by atoms with Gasteiger partial charge in [-0.25, -0.2) is 13.4 Å². The Kier molecular flexibility index (Phi) is 4.14. The van der Waals surface area contributed by atoms with Gasteiger partial charge in [0.15, 0.2) is 0 Å². The molecule has 1 atom stereocenters. The number of aromatic nitrogens is 1. The van der Waals surface area contributed by atoms with Gasteiger partial charge in [0.1, 0.15) is 16.1 Å². The van der Waals surface area contributed by atoms with Gasteiger partial charge in [0, 0.05) is 17.2 Å². The molecule has 1 amide bonds. The van der Waals surface area contributed by atoms with Crippen molar-refractivity contribution < 1.29 is 13.2 Å². The lowest BCUT2D eigenvalue weighted by atomic mass is 10.2. The van der Waals surface area contributed by atoms with Gasteiger partial charge >= 0.3 is 0 Å². The second kappa shape index (κ2) is 5.35. The smallest absolute Gasteiger partial charge is 0.246 e. The monoisotopic (exact) mass is 367 g/mol. The molecule has 104 valence electrons. The zero-order chi connectivity index (χ0) is 14.2. The molecule has 2 rings (SSSR count). The molecule has 0 bridgehead atoms. The van der Waals surface area contributed by atoms with Crippen molar-refractivity contribution in [1.82, 2.24) is 9.29 Å². The van der Waals surface area contributed by atoms with Crippen molar-refractivity contribution in [2.24, 2.45) is 5.73 Å². The van der Waals surface area contributed by atoms with E-state index in [2.05, 4.69) is 20.9 Å². The highest BCUT2D eigenvalue weighted by Gasteiger charge is 2.39.